The van der Waals surface area contributed by atoms with Crippen molar-refractivity contribution in [2.45, 2.75) is 11.4 Å². The minimum Gasteiger partial charge on any atom is -0.401 e. The number of aromatic nitrogens is 1. The van der Waals surface area contributed by atoms with E-state index < -0.39 is 36.6 Å². The summed E-state index contributed by atoms with van der Waals surface area (Å²) in [7, 11) is 0.127. The van der Waals surface area contributed by atoms with Gasteiger partial charge in [-0.15, -0.1) is 13.2 Å². The van der Waals surface area contributed by atoms with Gasteiger partial charge >= 0.3 is 6.36 Å². The molecule has 1 aromatic heterocycles. The summed E-state index contributed by atoms with van der Waals surface area (Å²) >= 11 is 2.51. The molecule has 0 aliphatic carbocycles. The summed E-state index contributed by atoms with van der Waals surface area (Å²) in [6.07, 6.45) is -5.17. The Morgan fingerprint density at radius 2 is 1.94 bits per heavy atom. The normalized spacial score (nSPS) is 12.6. The number of rotatable bonds is 2. The van der Waals surface area contributed by atoms with Crippen LogP contribution in [0.5, 0.6) is 5.75 Å². The molecule has 4 nitrogen and oxygen atoms in total. The first-order chi connectivity index (χ1) is 7.50. The molecule has 0 radical (unpaired) electrons. The summed E-state index contributed by atoms with van der Waals surface area (Å²) in [4.78, 5) is 2.75. The largest absolute Gasteiger partial charge is 0.573 e. The number of hydrogen-bond donors (Lipinski definition) is 0. The predicted octanol–water partition coefficient (Wildman–Crippen LogP) is 2.81. The highest BCUT2D eigenvalue weighted by Crippen LogP contribution is 2.36. The van der Waals surface area contributed by atoms with Gasteiger partial charge in [-0.3, -0.25) is 0 Å². The van der Waals surface area contributed by atoms with Crippen molar-refractivity contribution >= 4 is 35.7 Å². The van der Waals surface area contributed by atoms with E-state index in [9.17, 15) is 26.0 Å². The van der Waals surface area contributed by atoms with Crippen LogP contribution in [0.1, 0.15) is 0 Å². The highest BCUT2D eigenvalue weighted by Gasteiger charge is 2.36. The Morgan fingerprint density at radius 3 is 2.35 bits per heavy atom. The second-order valence-corrected chi connectivity index (χ2v) is 5.88. The lowest BCUT2D eigenvalue weighted by Crippen LogP contribution is -2.19. The van der Waals surface area contributed by atoms with Crippen LogP contribution >= 0.6 is 26.6 Å². The maximum atomic E-state index is 12.8. The zero-order valence-corrected chi connectivity index (χ0v) is 10.6. The van der Waals surface area contributed by atoms with Gasteiger partial charge in [0.05, 0.1) is 4.47 Å². The second-order valence-electron chi connectivity index (χ2n) is 2.55. The van der Waals surface area contributed by atoms with Crippen LogP contribution in [0.3, 0.4) is 0 Å². The number of pyridine rings is 1. The van der Waals surface area contributed by atoms with E-state index in [-0.39, 0.29) is 0 Å². The first-order valence-electron chi connectivity index (χ1n) is 3.57. The molecule has 0 unspecified atom stereocenters. The molecule has 0 N–H and O–H groups in total. The fourth-order valence-electron chi connectivity index (χ4n) is 0.826. The van der Waals surface area contributed by atoms with Gasteiger partial charge in [0, 0.05) is 16.7 Å². The number of ether oxygens (including phenoxy) is 1. The zero-order valence-electron chi connectivity index (χ0n) is 7.43. The molecule has 0 saturated heterocycles. The van der Waals surface area contributed by atoms with Crippen LogP contribution in [0.25, 0.3) is 0 Å². The SMILES string of the molecule is O=S(=O)(Cl)c1nc(F)cc(Br)c1OC(F)(F)F. The van der Waals surface area contributed by atoms with Crippen molar-refractivity contribution in [3.63, 3.8) is 0 Å². The Labute approximate surface area is 105 Å². The Morgan fingerprint density at radius 1 is 1.41 bits per heavy atom. The average Bonchev–Trinajstić information content (AvgIpc) is 2.05. The molecule has 0 bridgehead atoms. The fraction of sp³-hybridized carbons (Fsp3) is 0.167. The maximum absolute atomic E-state index is 12.8. The molecule has 0 aliphatic heterocycles. The maximum Gasteiger partial charge on any atom is 0.573 e. The average molecular weight is 358 g/mol. The molecule has 17 heavy (non-hydrogen) atoms. The van der Waals surface area contributed by atoms with Gasteiger partial charge in [0.25, 0.3) is 9.05 Å². The third kappa shape index (κ3) is 3.96. The Bertz CT molecular complexity index is 547. The lowest BCUT2D eigenvalue weighted by Gasteiger charge is -2.12. The number of halogens is 6. The molecule has 96 valence electrons. The van der Waals surface area contributed by atoms with Crippen molar-refractivity contribution in [3.8, 4) is 5.75 Å². The van der Waals surface area contributed by atoms with Gasteiger partial charge in [-0.2, -0.15) is 4.39 Å². The highest BCUT2D eigenvalue weighted by atomic mass is 79.9. The van der Waals surface area contributed by atoms with Crippen LogP contribution in [-0.2, 0) is 9.05 Å². The zero-order chi connectivity index (χ0) is 13.4. The van der Waals surface area contributed by atoms with E-state index >= 15 is 0 Å². The van der Waals surface area contributed by atoms with E-state index in [0.717, 1.165) is 0 Å². The Balaban J connectivity index is 3.47. The molecule has 0 aliphatic rings. The van der Waals surface area contributed by atoms with Crippen molar-refractivity contribution < 1.29 is 30.7 Å². The van der Waals surface area contributed by atoms with E-state index in [1.165, 1.54) is 0 Å². The Kier molecular flexibility index (Phi) is 3.89. The van der Waals surface area contributed by atoms with Crippen molar-refractivity contribution in [2.24, 2.45) is 0 Å². The van der Waals surface area contributed by atoms with Gasteiger partial charge in [0.2, 0.25) is 11.0 Å². The van der Waals surface area contributed by atoms with E-state index in [2.05, 4.69) is 25.7 Å². The van der Waals surface area contributed by atoms with Crippen LogP contribution in [0.2, 0.25) is 0 Å². The second kappa shape index (κ2) is 4.58. The number of nitrogens with zero attached hydrogens (tertiary/aromatic N) is 1. The standard InChI is InChI=1S/C6HBrClF4NO3S/c7-2-1-3(9)13-5(17(8,14)15)4(2)16-6(10,11)12/h1H. The molecular weight excluding hydrogens is 357 g/mol. The molecule has 0 atom stereocenters. The van der Waals surface area contributed by atoms with Crippen LogP contribution in [-0.4, -0.2) is 19.8 Å². The first kappa shape index (κ1) is 14.5. The monoisotopic (exact) mass is 357 g/mol. The summed E-state index contributed by atoms with van der Waals surface area (Å²) in [5, 5.41) is -1.36. The van der Waals surface area contributed by atoms with Crippen molar-refractivity contribution in [1.82, 2.24) is 4.98 Å². The summed E-state index contributed by atoms with van der Waals surface area (Å²) in [5.74, 6) is -2.56. The predicted molar refractivity (Wildman–Crippen MR) is 51.6 cm³/mol. The molecule has 1 rings (SSSR count). The molecule has 11 heteroatoms. The van der Waals surface area contributed by atoms with Crippen molar-refractivity contribution in [2.75, 3.05) is 0 Å². The van der Waals surface area contributed by atoms with Crippen molar-refractivity contribution in [3.05, 3.63) is 16.5 Å². The summed E-state index contributed by atoms with van der Waals surface area (Å²) < 4.78 is 73.4. The number of alkyl halides is 3. The molecule has 0 fully saturated rings. The molecule has 0 spiro atoms. The van der Waals surface area contributed by atoms with Gasteiger partial charge in [-0.25, -0.2) is 13.4 Å². The smallest absolute Gasteiger partial charge is 0.401 e. The van der Waals surface area contributed by atoms with Gasteiger partial charge in [-0.1, -0.05) is 0 Å². The molecule has 0 amide bonds. The van der Waals surface area contributed by atoms with Crippen molar-refractivity contribution in [1.29, 1.82) is 0 Å². The molecule has 1 aromatic rings. The highest BCUT2D eigenvalue weighted by molar-refractivity contribution is 9.10. The van der Waals surface area contributed by atoms with E-state index in [1.54, 1.807) is 0 Å². The summed E-state index contributed by atoms with van der Waals surface area (Å²) in [6, 6.07) is 0.507. The molecular formula is C6HBrClF4NO3S. The minimum absolute atomic E-state index is 0.507. The third-order valence-corrected chi connectivity index (χ3v) is 3.08. The van der Waals surface area contributed by atoms with Crippen LogP contribution in [0.15, 0.2) is 15.6 Å². The summed E-state index contributed by atoms with van der Waals surface area (Å²) in [5.41, 5.74) is 0. The topological polar surface area (TPSA) is 56.3 Å². The van der Waals surface area contributed by atoms with E-state index in [1.807, 2.05) is 0 Å². The first-order valence-corrected chi connectivity index (χ1v) is 6.67. The molecule has 1 heterocycles. The lowest BCUT2D eigenvalue weighted by atomic mass is 10.4. The lowest BCUT2D eigenvalue weighted by molar-refractivity contribution is -0.276. The number of hydrogen-bond acceptors (Lipinski definition) is 4. The van der Waals surface area contributed by atoms with Crippen LogP contribution in [0.4, 0.5) is 17.6 Å². The Hall–Kier alpha value is -0.610. The van der Waals surface area contributed by atoms with Gasteiger partial charge in [-0.05, 0) is 15.9 Å². The van der Waals surface area contributed by atoms with Crippen LogP contribution in [0, 0.1) is 5.95 Å². The fourth-order valence-corrected chi connectivity index (χ4v) is 2.30. The molecule has 0 aromatic carbocycles. The van der Waals surface area contributed by atoms with E-state index in [0.29, 0.717) is 6.07 Å². The third-order valence-electron chi connectivity index (χ3n) is 1.31. The summed E-state index contributed by atoms with van der Waals surface area (Å²) in [6.45, 7) is 0. The van der Waals surface area contributed by atoms with Gasteiger partial charge < -0.3 is 4.74 Å². The quantitative estimate of drug-likeness (QED) is 0.463. The van der Waals surface area contributed by atoms with Crippen LogP contribution < -0.4 is 4.74 Å². The minimum atomic E-state index is -5.17. The van der Waals surface area contributed by atoms with E-state index in [4.69, 9.17) is 10.7 Å². The van der Waals surface area contributed by atoms with Gasteiger partial charge in [0.1, 0.15) is 0 Å². The van der Waals surface area contributed by atoms with Gasteiger partial charge in [0.15, 0.2) is 5.75 Å². The molecule has 0 saturated carbocycles.